The molecular weight excluding hydrogens is 228 g/mol. The average molecular weight is 240 g/mol. The van der Waals surface area contributed by atoms with Crippen molar-refractivity contribution in [2.24, 2.45) is 23.2 Å². The summed E-state index contributed by atoms with van der Waals surface area (Å²) in [5, 5.41) is 27.4. The maximum absolute atomic E-state index is 11.3. The minimum Gasteiger partial charge on any atom is -0.481 e. The molecule has 0 aromatic heterocycles. The highest BCUT2D eigenvalue weighted by Crippen LogP contribution is 2.53. The van der Waals surface area contributed by atoms with E-state index >= 15 is 0 Å². The number of rotatable bonds is 3. The van der Waals surface area contributed by atoms with Crippen molar-refractivity contribution in [2.75, 3.05) is 0 Å². The standard InChI is InChI=1S/C11H12O6/c12-8(13)6-5-1-3-11(4-2-5,10(16)17)7(6)9(14)15/h1,3,5-7H,2,4H2,(H,12,13)(H,14,15)(H,16,17). The summed E-state index contributed by atoms with van der Waals surface area (Å²) in [4.78, 5) is 33.6. The molecule has 0 spiro atoms. The van der Waals surface area contributed by atoms with Gasteiger partial charge in [-0.25, -0.2) is 0 Å². The molecule has 92 valence electrons. The lowest BCUT2D eigenvalue weighted by Gasteiger charge is -2.46. The van der Waals surface area contributed by atoms with Crippen LogP contribution in [0.1, 0.15) is 12.8 Å². The molecule has 3 N–H and O–H groups in total. The summed E-state index contributed by atoms with van der Waals surface area (Å²) in [6.45, 7) is 0. The molecular formula is C11H12O6. The van der Waals surface area contributed by atoms with Crippen LogP contribution in [0.2, 0.25) is 0 Å². The molecule has 3 aliphatic rings. The van der Waals surface area contributed by atoms with E-state index in [1.165, 1.54) is 12.2 Å². The van der Waals surface area contributed by atoms with Gasteiger partial charge in [-0.05, 0) is 18.8 Å². The summed E-state index contributed by atoms with van der Waals surface area (Å²) >= 11 is 0. The van der Waals surface area contributed by atoms with Crippen molar-refractivity contribution in [1.82, 2.24) is 0 Å². The van der Waals surface area contributed by atoms with E-state index in [2.05, 4.69) is 0 Å². The smallest absolute Gasteiger partial charge is 0.314 e. The van der Waals surface area contributed by atoms with Crippen molar-refractivity contribution >= 4 is 17.9 Å². The van der Waals surface area contributed by atoms with Crippen molar-refractivity contribution in [1.29, 1.82) is 0 Å². The number of carboxylic acid groups (broad SMARTS) is 3. The Hall–Kier alpha value is -1.85. The molecule has 17 heavy (non-hydrogen) atoms. The predicted octanol–water partition coefficient (Wildman–Crippen LogP) is 0.439. The minimum atomic E-state index is -1.57. The first-order valence-corrected chi connectivity index (χ1v) is 5.28. The molecule has 2 bridgehead atoms. The summed E-state index contributed by atoms with van der Waals surface area (Å²) in [7, 11) is 0. The summed E-state index contributed by atoms with van der Waals surface area (Å²) < 4.78 is 0. The van der Waals surface area contributed by atoms with Crippen LogP contribution in [-0.2, 0) is 14.4 Å². The minimum absolute atomic E-state index is 0.185. The predicted molar refractivity (Wildman–Crippen MR) is 54.2 cm³/mol. The van der Waals surface area contributed by atoms with Gasteiger partial charge in [0.2, 0.25) is 0 Å². The van der Waals surface area contributed by atoms with Gasteiger partial charge in [-0.1, -0.05) is 12.2 Å². The normalized spacial score (nSPS) is 38.9. The Morgan fingerprint density at radius 3 is 2.12 bits per heavy atom. The second-order valence-corrected chi connectivity index (χ2v) is 4.59. The first-order valence-electron chi connectivity index (χ1n) is 5.28. The molecule has 0 amide bonds. The van der Waals surface area contributed by atoms with E-state index in [0.29, 0.717) is 6.42 Å². The van der Waals surface area contributed by atoms with Gasteiger partial charge in [-0.2, -0.15) is 0 Å². The first-order chi connectivity index (χ1) is 7.90. The molecule has 0 saturated heterocycles. The molecule has 0 aromatic carbocycles. The molecule has 4 unspecified atom stereocenters. The van der Waals surface area contributed by atoms with E-state index in [4.69, 9.17) is 10.2 Å². The number of aliphatic carboxylic acids is 3. The van der Waals surface area contributed by atoms with Crippen molar-refractivity contribution in [3.8, 4) is 0 Å². The van der Waals surface area contributed by atoms with Crippen molar-refractivity contribution in [2.45, 2.75) is 12.8 Å². The van der Waals surface area contributed by atoms with E-state index in [9.17, 15) is 19.5 Å². The third-order valence-electron chi connectivity index (χ3n) is 3.86. The lowest BCUT2D eigenvalue weighted by molar-refractivity contribution is -0.174. The third kappa shape index (κ3) is 1.44. The van der Waals surface area contributed by atoms with Crippen molar-refractivity contribution in [3.05, 3.63) is 12.2 Å². The topological polar surface area (TPSA) is 112 Å². The fourth-order valence-corrected chi connectivity index (χ4v) is 3.02. The molecule has 6 nitrogen and oxygen atoms in total. The van der Waals surface area contributed by atoms with Crippen LogP contribution < -0.4 is 0 Å². The summed E-state index contributed by atoms with van der Waals surface area (Å²) in [6, 6.07) is 0. The fourth-order valence-electron chi connectivity index (χ4n) is 3.02. The van der Waals surface area contributed by atoms with E-state index in [1.54, 1.807) is 0 Å². The molecule has 0 aliphatic heterocycles. The highest BCUT2D eigenvalue weighted by atomic mass is 16.4. The lowest BCUT2D eigenvalue weighted by Crippen LogP contribution is -2.55. The second-order valence-electron chi connectivity index (χ2n) is 4.59. The van der Waals surface area contributed by atoms with E-state index in [1.807, 2.05) is 0 Å². The van der Waals surface area contributed by atoms with Crippen LogP contribution in [0, 0.1) is 23.2 Å². The second kappa shape index (κ2) is 3.58. The molecule has 4 atom stereocenters. The molecule has 1 fully saturated rings. The van der Waals surface area contributed by atoms with Gasteiger partial charge in [0.25, 0.3) is 0 Å². The maximum Gasteiger partial charge on any atom is 0.314 e. The van der Waals surface area contributed by atoms with Gasteiger partial charge in [0.15, 0.2) is 0 Å². The van der Waals surface area contributed by atoms with Gasteiger partial charge < -0.3 is 15.3 Å². The van der Waals surface area contributed by atoms with E-state index in [-0.39, 0.29) is 12.3 Å². The Bertz CT molecular complexity index is 426. The molecule has 0 aromatic rings. The van der Waals surface area contributed by atoms with Crippen LogP contribution in [0.3, 0.4) is 0 Å². The third-order valence-corrected chi connectivity index (χ3v) is 3.86. The van der Waals surface area contributed by atoms with Gasteiger partial charge in [0, 0.05) is 0 Å². The van der Waals surface area contributed by atoms with Gasteiger partial charge in [-0.15, -0.1) is 0 Å². The molecule has 3 rings (SSSR count). The van der Waals surface area contributed by atoms with Crippen LogP contribution in [0.4, 0.5) is 0 Å². The molecule has 1 saturated carbocycles. The Morgan fingerprint density at radius 1 is 1.12 bits per heavy atom. The van der Waals surface area contributed by atoms with Crippen molar-refractivity contribution in [3.63, 3.8) is 0 Å². The molecule has 0 heterocycles. The molecule has 0 radical (unpaired) electrons. The zero-order chi connectivity index (χ0) is 12.8. The SMILES string of the molecule is O=C(O)C1C2C=CC(C(=O)O)(CC2)C1C(=O)O. The molecule has 6 heteroatoms. The quantitative estimate of drug-likeness (QED) is 0.617. The summed E-state index contributed by atoms with van der Waals surface area (Å²) in [6.07, 6.45) is 3.49. The Balaban J connectivity index is 2.55. The van der Waals surface area contributed by atoms with Gasteiger partial charge >= 0.3 is 17.9 Å². The first kappa shape index (κ1) is 11.6. The van der Waals surface area contributed by atoms with Crippen molar-refractivity contribution < 1.29 is 29.7 Å². The Kier molecular flexibility index (Phi) is 2.45. The number of allylic oxidation sites excluding steroid dienone is 1. The number of carboxylic acids is 3. The summed E-state index contributed by atoms with van der Waals surface area (Å²) in [5.41, 5.74) is -1.57. The van der Waals surface area contributed by atoms with Crippen LogP contribution in [0.5, 0.6) is 0 Å². The number of hydrogen-bond acceptors (Lipinski definition) is 3. The zero-order valence-electron chi connectivity index (χ0n) is 8.87. The number of hydrogen-bond donors (Lipinski definition) is 3. The van der Waals surface area contributed by atoms with Gasteiger partial charge in [0.1, 0.15) is 0 Å². The van der Waals surface area contributed by atoms with E-state index in [0.717, 1.165) is 0 Å². The number of carbonyl (C=O) groups is 3. The van der Waals surface area contributed by atoms with Crippen LogP contribution in [0.15, 0.2) is 12.2 Å². The average Bonchev–Trinajstić information content (AvgIpc) is 2.28. The Morgan fingerprint density at radius 2 is 1.76 bits per heavy atom. The van der Waals surface area contributed by atoms with Gasteiger partial charge in [-0.3, -0.25) is 14.4 Å². The highest BCUT2D eigenvalue weighted by molar-refractivity contribution is 5.90. The monoisotopic (exact) mass is 240 g/mol. The number of fused-ring (bicyclic) bond motifs is 2. The highest BCUT2D eigenvalue weighted by Gasteiger charge is 2.60. The fraction of sp³-hybridized carbons (Fsp3) is 0.545. The maximum atomic E-state index is 11.3. The summed E-state index contributed by atoms with van der Waals surface area (Å²) in [5.74, 6) is -6.77. The Labute approximate surface area is 96.6 Å². The lowest BCUT2D eigenvalue weighted by atomic mass is 9.54. The largest absolute Gasteiger partial charge is 0.481 e. The van der Waals surface area contributed by atoms with Gasteiger partial charge in [0.05, 0.1) is 17.3 Å². The van der Waals surface area contributed by atoms with Crippen LogP contribution in [-0.4, -0.2) is 33.2 Å². The van der Waals surface area contributed by atoms with Crippen LogP contribution >= 0.6 is 0 Å². The zero-order valence-corrected chi connectivity index (χ0v) is 8.87. The van der Waals surface area contributed by atoms with E-state index < -0.39 is 35.2 Å². The van der Waals surface area contributed by atoms with Crippen LogP contribution in [0.25, 0.3) is 0 Å². The molecule has 3 aliphatic carbocycles.